The standard InChI is InChI=1S/C20H17N5O2S/c26-20(18-15(11-5-6-11)23-10-27-18)25-8-7-13-16(22-9-21-13)17(25)19-24-12-3-1-2-4-14(12)28-19/h1-4,9-11,17H,5-8H2,(H,21,22)/t17-/m0/s1. The normalized spacial score (nSPS) is 19.1. The third-order valence-corrected chi connectivity index (χ3v) is 6.57. The summed E-state index contributed by atoms with van der Waals surface area (Å²) >= 11 is 1.61. The second kappa shape index (κ2) is 6.00. The van der Waals surface area contributed by atoms with Gasteiger partial charge in [0.25, 0.3) is 5.91 Å². The predicted molar refractivity (Wildman–Crippen MR) is 103 cm³/mol. The Morgan fingerprint density at radius 2 is 2.11 bits per heavy atom. The number of hydrogen-bond acceptors (Lipinski definition) is 6. The number of amides is 1. The van der Waals surface area contributed by atoms with Gasteiger partial charge in [0.2, 0.25) is 5.76 Å². The van der Waals surface area contributed by atoms with Gasteiger partial charge in [0, 0.05) is 24.6 Å². The molecule has 0 radical (unpaired) electrons. The van der Waals surface area contributed by atoms with Crippen LogP contribution in [0.3, 0.4) is 0 Å². The van der Waals surface area contributed by atoms with Gasteiger partial charge in [0.1, 0.15) is 11.0 Å². The largest absolute Gasteiger partial charge is 0.438 e. The van der Waals surface area contributed by atoms with E-state index in [1.165, 1.54) is 6.39 Å². The van der Waals surface area contributed by atoms with E-state index in [1.54, 1.807) is 17.7 Å². The van der Waals surface area contributed by atoms with E-state index in [2.05, 4.69) is 21.0 Å². The lowest BCUT2D eigenvalue weighted by molar-refractivity contribution is 0.0656. The average molecular weight is 391 g/mol. The molecule has 1 fully saturated rings. The van der Waals surface area contributed by atoms with Crippen LogP contribution in [0.25, 0.3) is 10.2 Å². The Hall–Kier alpha value is -3.00. The second-order valence-electron chi connectivity index (χ2n) is 7.28. The average Bonchev–Trinajstić information content (AvgIpc) is 3.14. The molecule has 7 nitrogen and oxygen atoms in total. The summed E-state index contributed by atoms with van der Waals surface area (Å²) in [5.74, 6) is 0.592. The highest BCUT2D eigenvalue weighted by atomic mass is 32.1. The van der Waals surface area contributed by atoms with E-state index in [9.17, 15) is 4.79 Å². The molecule has 0 saturated heterocycles. The van der Waals surface area contributed by atoms with Crippen molar-refractivity contribution in [3.63, 3.8) is 0 Å². The van der Waals surface area contributed by atoms with E-state index in [1.807, 2.05) is 23.1 Å². The summed E-state index contributed by atoms with van der Waals surface area (Å²) in [7, 11) is 0. The number of aromatic amines is 1. The number of imidazole rings is 1. The number of thiazole rings is 1. The van der Waals surface area contributed by atoms with E-state index in [-0.39, 0.29) is 11.9 Å². The monoisotopic (exact) mass is 391 g/mol. The van der Waals surface area contributed by atoms with E-state index in [4.69, 9.17) is 9.40 Å². The maximum absolute atomic E-state index is 13.5. The lowest BCUT2D eigenvalue weighted by Crippen LogP contribution is -2.41. The van der Waals surface area contributed by atoms with Crippen molar-refractivity contribution in [1.29, 1.82) is 0 Å². The first-order chi connectivity index (χ1) is 13.8. The third-order valence-electron chi connectivity index (χ3n) is 5.48. The van der Waals surface area contributed by atoms with Crippen LogP contribution in [0.2, 0.25) is 0 Å². The lowest BCUT2D eigenvalue weighted by Gasteiger charge is -2.33. The van der Waals surface area contributed by atoms with Crippen LogP contribution in [0.5, 0.6) is 0 Å². The van der Waals surface area contributed by atoms with Crippen LogP contribution in [0.15, 0.2) is 41.4 Å². The number of hydrogen-bond donors (Lipinski definition) is 1. The SMILES string of the molecule is O=C(c1ocnc1C1CC1)N1CCc2[nH]cnc2[C@H]1c1nc2ccccc2s1. The van der Waals surface area contributed by atoms with E-state index < -0.39 is 0 Å². The van der Waals surface area contributed by atoms with Gasteiger partial charge in [-0.2, -0.15) is 0 Å². The number of carbonyl (C=O) groups is 1. The molecule has 140 valence electrons. The molecule has 0 bridgehead atoms. The molecule has 1 atom stereocenters. The van der Waals surface area contributed by atoms with Crippen molar-refractivity contribution in [3.05, 3.63) is 64.8 Å². The Kier molecular flexibility index (Phi) is 3.43. The van der Waals surface area contributed by atoms with Crippen molar-refractivity contribution in [2.75, 3.05) is 6.54 Å². The number of nitrogens with one attached hydrogen (secondary N) is 1. The molecule has 1 amide bonds. The fourth-order valence-electron chi connectivity index (χ4n) is 3.95. The molecule has 1 aliphatic heterocycles. The minimum Gasteiger partial charge on any atom is -0.438 e. The second-order valence-corrected chi connectivity index (χ2v) is 8.34. The van der Waals surface area contributed by atoms with Crippen LogP contribution in [0, 0.1) is 0 Å². The molecule has 1 saturated carbocycles. The molecule has 0 spiro atoms. The molecule has 0 unspecified atom stereocenters. The van der Waals surface area contributed by atoms with E-state index in [0.29, 0.717) is 18.2 Å². The predicted octanol–water partition coefficient (Wildman–Crippen LogP) is 3.67. The third kappa shape index (κ3) is 2.41. The topological polar surface area (TPSA) is 87.9 Å². The minimum absolute atomic E-state index is 0.127. The smallest absolute Gasteiger partial charge is 0.292 e. The Bertz CT molecular complexity index is 1160. The molecule has 28 heavy (non-hydrogen) atoms. The van der Waals surface area contributed by atoms with Gasteiger partial charge >= 0.3 is 0 Å². The number of fused-ring (bicyclic) bond motifs is 2. The number of nitrogens with zero attached hydrogens (tertiary/aromatic N) is 4. The van der Waals surface area contributed by atoms with Crippen molar-refractivity contribution < 1.29 is 9.21 Å². The Morgan fingerprint density at radius 1 is 1.21 bits per heavy atom. The van der Waals surface area contributed by atoms with Gasteiger partial charge in [-0.25, -0.2) is 15.0 Å². The minimum atomic E-state index is -0.322. The van der Waals surface area contributed by atoms with E-state index in [0.717, 1.165) is 51.6 Å². The zero-order chi connectivity index (χ0) is 18.7. The molecule has 1 aromatic carbocycles. The summed E-state index contributed by atoms with van der Waals surface area (Å²) in [6.45, 7) is 0.583. The Labute approximate surface area is 164 Å². The molecule has 3 aromatic heterocycles. The van der Waals surface area contributed by atoms with E-state index >= 15 is 0 Å². The van der Waals surface area contributed by atoms with Gasteiger partial charge in [-0.05, 0) is 25.0 Å². The van der Waals surface area contributed by atoms with Gasteiger partial charge in [-0.15, -0.1) is 11.3 Å². The lowest BCUT2D eigenvalue weighted by atomic mass is 10.0. The van der Waals surface area contributed by atoms with Crippen LogP contribution in [-0.2, 0) is 6.42 Å². The molecule has 1 aliphatic carbocycles. The molecule has 6 rings (SSSR count). The molecule has 8 heteroatoms. The van der Waals surface area contributed by atoms with Crippen LogP contribution in [0.4, 0.5) is 0 Å². The van der Waals surface area contributed by atoms with Crippen molar-refractivity contribution in [1.82, 2.24) is 24.8 Å². The summed E-state index contributed by atoms with van der Waals surface area (Å²) in [5, 5.41) is 0.870. The molecule has 4 heterocycles. The van der Waals surface area contributed by atoms with Crippen molar-refractivity contribution >= 4 is 27.5 Å². The summed E-state index contributed by atoms with van der Waals surface area (Å²) < 4.78 is 6.65. The number of aromatic nitrogens is 4. The molecule has 4 aromatic rings. The fraction of sp³-hybridized carbons (Fsp3) is 0.300. The van der Waals surface area contributed by atoms with Gasteiger partial charge in [-0.1, -0.05) is 12.1 Å². The van der Waals surface area contributed by atoms with Gasteiger partial charge in [-0.3, -0.25) is 4.79 Å². The first-order valence-corrected chi connectivity index (χ1v) is 10.2. The number of rotatable bonds is 3. The number of para-hydroxylation sites is 1. The Balaban J connectivity index is 1.46. The zero-order valence-corrected chi connectivity index (χ0v) is 15.8. The highest BCUT2D eigenvalue weighted by molar-refractivity contribution is 7.18. The summed E-state index contributed by atoms with van der Waals surface area (Å²) in [4.78, 5) is 32.2. The molecular formula is C20H17N5O2S. The number of carbonyl (C=O) groups excluding carboxylic acids is 1. The van der Waals surface area contributed by atoms with Crippen LogP contribution < -0.4 is 0 Å². The summed E-state index contributed by atoms with van der Waals surface area (Å²) in [6, 6.07) is 7.71. The summed E-state index contributed by atoms with van der Waals surface area (Å²) in [5.41, 5.74) is 3.66. The first kappa shape index (κ1) is 16.0. The van der Waals surface area contributed by atoms with Gasteiger partial charge < -0.3 is 14.3 Å². The number of benzene rings is 1. The highest BCUT2D eigenvalue weighted by Gasteiger charge is 2.40. The van der Waals surface area contributed by atoms with Crippen LogP contribution >= 0.6 is 11.3 Å². The van der Waals surface area contributed by atoms with Crippen molar-refractivity contribution in [3.8, 4) is 0 Å². The van der Waals surface area contributed by atoms with Gasteiger partial charge in [0.15, 0.2) is 6.39 Å². The molecule has 1 N–H and O–H groups in total. The zero-order valence-electron chi connectivity index (χ0n) is 15.0. The highest BCUT2D eigenvalue weighted by Crippen LogP contribution is 2.43. The molecular weight excluding hydrogens is 374 g/mol. The first-order valence-electron chi connectivity index (χ1n) is 9.41. The quantitative estimate of drug-likeness (QED) is 0.576. The number of oxazole rings is 1. The Morgan fingerprint density at radius 3 is 2.96 bits per heavy atom. The fourth-order valence-corrected chi connectivity index (χ4v) is 5.03. The number of H-pyrrole nitrogens is 1. The summed E-state index contributed by atoms with van der Waals surface area (Å²) in [6.07, 6.45) is 5.95. The van der Waals surface area contributed by atoms with Crippen molar-refractivity contribution in [2.45, 2.75) is 31.2 Å². The maximum atomic E-state index is 13.5. The van der Waals surface area contributed by atoms with Crippen molar-refractivity contribution in [2.24, 2.45) is 0 Å². The van der Waals surface area contributed by atoms with Gasteiger partial charge in [0.05, 0.1) is 27.9 Å². The van der Waals surface area contributed by atoms with Crippen LogP contribution in [0.1, 0.15) is 57.4 Å². The van der Waals surface area contributed by atoms with Crippen LogP contribution in [-0.4, -0.2) is 37.3 Å². The maximum Gasteiger partial charge on any atom is 0.292 e. The molecule has 2 aliphatic rings.